The molecule has 1 atom stereocenters. The molecule has 2 heterocycles. The van der Waals surface area contributed by atoms with Crippen LogP contribution in [0.5, 0.6) is 0 Å². The summed E-state index contributed by atoms with van der Waals surface area (Å²) in [5.41, 5.74) is 14.0. The van der Waals surface area contributed by atoms with Crippen LogP contribution in [0.15, 0.2) is 215 Å². The Morgan fingerprint density at radius 1 is 0.364 bits per heavy atom. The predicted octanol–water partition coefficient (Wildman–Crippen LogP) is 12.7. The summed E-state index contributed by atoms with van der Waals surface area (Å²) in [6.07, 6.45) is -0.339. The number of benzene rings is 8. The minimum absolute atomic E-state index is 0.339. The Morgan fingerprint density at radius 2 is 0.818 bits per heavy atom. The van der Waals surface area contributed by atoms with Gasteiger partial charge >= 0.3 is 0 Å². The van der Waals surface area contributed by atoms with Crippen LogP contribution in [0, 0.1) is 0 Å². The highest BCUT2D eigenvalue weighted by atomic mass is 16.3. The molecule has 4 heteroatoms. The number of amidine groups is 2. The molecule has 8 aromatic carbocycles. The number of nitrogens with one attached hydrogen (secondary N) is 1. The molecular formula is C51H35N3O. The number of furan rings is 1. The Bertz CT molecular complexity index is 2800. The van der Waals surface area contributed by atoms with Crippen molar-refractivity contribution in [2.45, 2.75) is 6.17 Å². The monoisotopic (exact) mass is 705 g/mol. The number of nitrogens with zero attached hydrogens (tertiary/aromatic N) is 2. The van der Waals surface area contributed by atoms with Crippen LogP contribution in [-0.2, 0) is 0 Å². The Kier molecular flexibility index (Phi) is 8.19. The van der Waals surface area contributed by atoms with E-state index in [2.05, 4.69) is 181 Å². The summed E-state index contributed by atoms with van der Waals surface area (Å²) in [5, 5.41) is 5.84. The third-order valence-electron chi connectivity index (χ3n) is 10.4. The van der Waals surface area contributed by atoms with Gasteiger partial charge in [-0.05, 0) is 86.5 Å². The molecule has 1 unspecified atom stereocenters. The zero-order valence-electron chi connectivity index (χ0n) is 29.9. The Labute approximate surface area is 319 Å². The first-order chi connectivity index (χ1) is 27.2. The van der Waals surface area contributed by atoms with Crippen molar-refractivity contribution in [3.8, 4) is 44.5 Å². The van der Waals surface area contributed by atoms with Crippen LogP contribution in [0.25, 0.3) is 66.4 Å². The molecule has 1 N–H and O–H groups in total. The third kappa shape index (κ3) is 6.40. The van der Waals surface area contributed by atoms with Crippen LogP contribution in [0.3, 0.4) is 0 Å². The van der Waals surface area contributed by atoms with Gasteiger partial charge < -0.3 is 9.73 Å². The Balaban J connectivity index is 1.03. The minimum Gasteiger partial charge on any atom is -0.456 e. The molecule has 0 saturated heterocycles. The van der Waals surface area contributed by atoms with E-state index < -0.39 is 0 Å². The number of fused-ring (bicyclic) bond motifs is 3. The van der Waals surface area contributed by atoms with Crippen LogP contribution in [-0.4, -0.2) is 11.7 Å². The maximum absolute atomic E-state index is 6.27. The van der Waals surface area contributed by atoms with Crippen molar-refractivity contribution in [1.82, 2.24) is 5.32 Å². The van der Waals surface area contributed by atoms with Crippen LogP contribution < -0.4 is 5.32 Å². The molecule has 0 amide bonds. The molecule has 1 aliphatic heterocycles. The number of aliphatic imine (C=N–C) groups is 2. The van der Waals surface area contributed by atoms with Crippen molar-refractivity contribution in [2.24, 2.45) is 9.98 Å². The van der Waals surface area contributed by atoms with E-state index in [4.69, 9.17) is 14.4 Å². The summed E-state index contributed by atoms with van der Waals surface area (Å²) in [5.74, 6) is 1.42. The zero-order valence-corrected chi connectivity index (χ0v) is 29.9. The van der Waals surface area contributed by atoms with E-state index in [1.165, 1.54) is 27.8 Å². The quantitative estimate of drug-likeness (QED) is 0.179. The van der Waals surface area contributed by atoms with Crippen molar-refractivity contribution in [3.63, 3.8) is 0 Å². The number of para-hydroxylation sites is 1. The largest absolute Gasteiger partial charge is 0.456 e. The smallest absolute Gasteiger partial charge is 0.159 e. The first kappa shape index (κ1) is 32.4. The van der Waals surface area contributed by atoms with Crippen LogP contribution in [0.2, 0.25) is 0 Å². The van der Waals surface area contributed by atoms with Gasteiger partial charge in [-0.2, -0.15) is 0 Å². The average Bonchev–Trinajstić information content (AvgIpc) is 3.65. The van der Waals surface area contributed by atoms with Crippen molar-refractivity contribution in [1.29, 1.82) is 0 Å². The standard InChI is InChI=1S/C51H35N3O/c1-4-12-34(13-5-1)37-20-24-39(25-21-37)49-52-50(54-51(53-49)41-28-29-46-45-18-10-11-19-47(45)55-48(46)33-41)40-26-22-38(23-27-40)44-31-42(35-14-6-2-7-15-35)30-43(32-44)36-16-8-3-9-17-36/h1-33,49H,(H,52,53,54). The number of hydrogen-bond donors (Lipinski definition) is 1. The SMILES string of the molecule is c1ccc(-c2ccc(C3N=C(c4ccc5c(c4)oc4ccccc45)N=C(c4ccc(-c5cc(-c6ccccc6)cc(-c6ccccc6)c5)cc4)N3)cc2)cc1. The van der Waals surface area contributed by atoms with Gasteiger partial charge in [0.1, 0.15) is 23.2 Å². The lowest BCUT2D eigenvalue weighted by Crippen LogP contribution is -2.33. The summed E-state index contributed by atoms with van der Waals surface area (Å²) in [6, 6.07) is 70.2. The Morgan fingerprint density at radius 3 is 1.44 bits per heavy atom. The maximum Gasteiger partial charge on any atom is 0.159 e. The molecule has 0 aliphatic carbocycles. The zero-order chi connectivity index (χ0) is 36.6. The molecular weight excluding hydrogens is 671 g/mol. The topological polar surface area (TPSA) is 49.9 Å². The summed E-state index contributed by atoms with van der Waals surface area (Å²) >= 11 is 0. The van der Waals surface area contributed by atoms with Crippen molar-refractivity contribution in [2.75, 3.05) is 0 Å². The summed E-state index contributed by atoms with van der Waals surface area (Å²) in [7, 11) is 0. The van der Waals surface area contributed by atoms with Gasteiger partial charge in [-0.3, -0.25) is 0 Å². The lowest BCUT2D eigenvalue weighted by atomic mass is 9.93. The molecule has 1 aromatic heterocycles. The van der Waals surface area contributed by atoms with Gasteiger partial charge in [0.15, 0.2) is 5.84 Å². The molecule has 0 spiro atoms. The summed E-state index contributed by atoms with van der Waals surface area (Å²) < 4.78 is 6.27. The van der Waals surface area contributed by atoms with E-state index in [1.54, 1.807) is 0 Å². The Hall–Kier alpha value is -7.30. The average molecular weight is 706 g/mol. The first-order valence-electron chi connectivity index (χ1n) is 18.6. The van der Waals surface area contributed by atoms with E-state index in [0.717, 1.165) is 61.2 Å². The highest BCUT2D eigenvalue weighted by Gasteiger charge is 2.22. The minimum atomic E-state index is -0.339. The van der Waals surface area contributed by atoms with Crippen LogP contribution in [0.4, 0.5) is 0 Å². The molecule has 4 nitrogen and oxygen atoms in total. The van der Waals surface area contributed by atoms with Crippen LogP contribution >= 0.6 is 0 Å². The second kappa shape index (κ2) is 13.9. The fourth-order valence-corrected chi connectivity index (χ4v) is 7.46. The van der Waals surface area contributed by atoms with Crippen LogP contribution in [0.1, 0.15) is 22.9 Å². The molecule has 0 radical (unpaired) electrons. The molecule has 0 fully saturated rings. The van der Waals surface area contributed by atoms with Gasteiger partial charge in [0, 0.05) is 21.9 Å². The lowest BCUT2D eigenvalue weighted by Gasteiger charge is -2.24. The fraction of sp³-hybridized carbons (Fsp3) is 0.0196. The van der Waals surface area contributed by atoms with E-state index in [9.17, 15) is 0 Å². The molecule has 9 aromatic rings. The second-order valence-electron chi connectivity index (χ2n) is 13.9. The van der Waals surface area contributed by atoms with Crippen molar-refractivity contribution < 1.29 is 4.42 Å². The predicted molar refractivity (Wildman–Crippen MR) is 227 cm³/mol. The maximum atomic E-state index is 6.27. The van der Waals surface area contributed by atoms with Crippen molar-refractivity contribution >= 4 is 33.6 Å². The molecule has 55 heavy (non-hydrogen) atoms. The molecule has 10 rings (SSSR count). The second-order valence-corrected chi connectivity index (χ2v) is 13.9. The third-order valence-corrected chi connectivity index (χ3v) is 10.4. The summed E-state index contributed by atoms with van der Waals surface area (Å²) in [6.45, 7) is 0. The lowest BCUT2D eigenvalue weighted by molar-refractivity contribution is 0.667. The highest BCUT2D eigenvalue weighted by Crippen LogP contribution is 2.34. The van der Waals surface area contributed by atoms with Gasteiger partial charge in [0.2, 0.25) is 0 Å². The highest BCUT2D eigenvalue weighted by molar-refractivity contribution is 6.15. The normalized spacial score (nSPS) is 14.0. The molecule has 1 aliphatic rings. The molecule has 0 saturated carbocycles. The van der Waals surface area contributed by atoms with Gasteiger partial charge in [-0.15, -0.1) is 0 Å². The van der Waals surface area contributed by atoms with Crippen molar-refractivity contribution in [3.05, 3.63) is 217 Å². The number of rotatable bonds is 7. The van der Waals surface area contributed by atoms with Gasteiger partial charge in [0.25, 0.3) is 0 Å². The molecule has 0 bridgehead atoms. The number of hydrogen-bond acceptors (Lipinski definition) is 4. The van der Waals surface area contributed by atoms with Gasteiger partial charge in [-0.25, -0.2) is 9.98 Å². The van der Waals surface area contributed by atoms with E-state index in [-0.39, 0.29) is 6.17 Å². The fourth-order valence-electron chi connectivity index (χ4n) is 7.46. The summed E-state index contributed by atoms with van der Waals surface area (Å²) in [4.78, 5) is 10.3. The molecule has 260 valence electrons. The van der Waals surface area contributed by atoms with Gasteiger partial charge in [0.05, 0.1) is 0 Å². The van der Waals surface area contributed by atoms with E-state index in [0.29, 0.717) is 5.84 Å². The van der Waals surface area contributed by atoms with E-state index in [1.807, 2.05) is 24.3 Å². The van der Waals surface area contributed by atoms with E-state index >= 15 is 0 Å². The van der Waals surface area contributed by atoms with Gasteiger partial charge in [-0.1, -0.05) is 164 Å². The first-order valence-corrected chi connectivity index (χ1v) is 18.6.